The molecule has 2 amide bonds. The SMILES string of the molecule is N#Cc1c(-c2ccnc(NC(N)=O)c2)sc(-c2ccn[nH]2)c1-c1ccc(Cl)cc1I. The number of carbonyl (C=O) groups is 1. The quantitative estimate of drug-likeness (QED) is 0.293. The number of rotatable bonds is 4. The number of urea groups is 1. The summed E-state index contributed by atoms with van der Waals surface area (Å²) in [4.78, 5) is 16.9. The number of aromatic nitrogens is 3. The number of nitrogens with one attached hydrogen (secondary N) is 2. The Morgan fingerprint density at radius 2 is 2.07 bits per heavy atom. The number of benzene rings is 1. The molecule has 1 aromatic carbocycles. The van der Waals surface area contributed by atoms with Gasteiger partial charge in [-0.3, -0.25) is 10.4 Å². The second-order valence-electron chi connectivity index (χ2n) is 6.14. The summed E-state index contributed by atoms with van der Waals surface area (Å²) >= 11 is 9.81. The molecule has 0 radical (unpaired) electrons. The zero-order valence-electron chi connectivity index (χ0n) is 15.1. The van der Waals surface area contributed by atoms with E-state index in [1.165, 1.54) is 11.3 Å². The van der Waals surface area contributed by atoms with E-state index in [4.69, 9.17) is 17.3 Å². The number of anilines is 1. The zero-order valence-corrected chi connectivity index (χ0v) is 18.8. The minimum absolute atomic E-state index is 0.308. The first-order valence-corrected chi connectivity index (χ1v) is 10.8. The molecule has 4 aromatic rings. The van der Waals surface area contributed by atoms with Gasteiger partial charge in [0.05, 0.1) is 21.0 Å². The number of H-pyrrole nitrogens is 1. The maximum absolute atomic E-state index is 11.2. The highest BCUT2D eigenvalue weighted by Crippen LogP contribution is 2.47. The summed E-state index contributed by atoms with van der Waals surface area (Å²) in [5.41, 5.74) is 8.95. The molecule has 4 rings (SSSR count). The molecule has 0 bridgehead atoms. The molecule has 3 heterocycles. The molecular weight excluding hydrogens is 535 g/mol. The first-order valence-electron chi connectivity index (χ1n) is 8.53. The van der Waals surface area contributed by atoms with Crippen LogP contribution in [0, 0.1) is 14.9 Å². The summed E-state index contributed by atoms with van der Waals surface area (Å²) in [6.07, 6.45) is 3.22. The van der Waals surface area contributed by atoms with Gasteiger partial charge in [0.1, 0.15) is 11.9 Å². The Kier molecular flexibility index (Phi) is 5.72. The number of nitrogens with zero attached hydrogens (tertiary/aromatic N) is 3. The van der Waals surface area contributed by atoms with Crippen LogP contribution < -0.4 is 11.1 Å². The van der Waals surface area contributed by atoms with Crippen LogP contribution in [-0.2, 0) is 0 Å². The van der Waals surface area contributed by atoms with E-state index in [-0.39, 0.29) is 0 Å². The second-order valence-corrected chi connectivity index (χ2v) is 8.75. The second kappa shape index (κ2) is 8.43. The van der Waals surface area contributed by atoms with Crippen molar-refractivity contribution in [3.05, 3.63) is 62.9 Å². The number of pyridine rings is 1. The lowest BCUT2D eigenvalue weighted by Crippen LogP contribution is -2.19. The zero-order chi connectivity index (χ0) is 21.3. The van der Waals surface area contributed by atoms with E-state index in [9.17, 15) is 10.1 Å². The monoisotopic (exact) mass is 546 g/mol. The van der Waals surface area contributed by atoms with E-state index in [1.54, 1.807) is 30.6 Å². The number of nitrogens with two attached hydrogens (primary N) is 1. The molecule has 7 nitrogen and oxygen atoms in total. The van der Waals surface area contributed by atoms with Gasteiger partial charge in [0.25, 0.3) is 0 Å². The first-order chi connectivity index (χ1) is 14.5. The van der Waals surface area contributed by atoms with E-state index in [0.29, 0.717) is 16.4 Å². The minimum Gasteiger partial charge on any atom is -0.351 e. The van der Waals surface area contributed by atoms with Gasteiger partial charge in [0.2, 0.25) is 0 Å². The Bertz CT molecular complexity index is 1300. The predicted molar refractivity (Wildman–Crippen MR) is 126 cm³/mol. The molecule has 148 valence electrons. The lowest BCUT2D eigenvalue weighted by atomic mass is 9.98. The average molecular weight is 547 g/mol. The largest absolute Gasteiger partial charge is 0.351 e. The van der Waals surface area contributed by atoms with E-state index in [2.05, 4.69) is 49.2 Å². The van der Waals surface area contributed by atoms with Gasteiger partial charge in [0.15, 0.2) is 0 Å². The van der Waals surface area contributed by atoms with Crippen LogP contribution in [0.4, 0.5) is 10.6 Å². The normalized spacial score (nSPS) is 10.6. The van der Waals surface area contributed by atoms with Crippen molar-refractivity contribution >= 4 is 57.4 Å². The summed E-state index contributed by atoms with van der Waals surface area (Å²) in [5.74, 6) is 0.308. The van der Waals surface area contributed by atoms with Gasteiger partial charge in [-0.05, 0) is 64.0 Å². The third-order valence-corrected chi connectivity index (χ3v) is 6.64. The summed E-state index contributed by atoms with van der Waals surface area (Å²) in [6.45, 7) is 0. The summed E-state index contributed by atoms with van der Waals surface area (Å²) in [6, 6.07) is 12.5. The van der Waals surface area contributed by atoms with Crippen LogP contribution in [0.2, 0.25) is 5.02 Å². The number of hydrogen-bond acceptors (Lipinski definition) is 5. The van der Waals surface area contributed by atoms with Gasteiger partial charge >= 0.3 is 6.03 Å². The van der Waals surface area contributed by atoms with Crippen molar-refractivity contribution in [2.24, 2.45) is 5.73 Å². The molecule has 3 aromatic heterocycles. The van der Waals surface area contributed by atoms with Crippen LogP contribution in [0.5, 0.6) is 0 Å². The first kappa shape index (κ1) is 20.3. The maximum Gasteiger partial charge on any atom is 0.317 e. The molecule has 0 saturated heterocycles. The van der Waals surface area contributed by atoms with Crippen molar-refractivity contribution in [2.45, 2.75) is 0 Å². The molecular formula is C20H12ClIN6OS. The molecule has 4 N–H and O–H groups in total. The Morgan fingerprint density at radius 1 is 1.23 bits per heavy atom. The predicted octanol–water partition coefficient (Wildman–Crippen LogP) is 5.49. The van der Waals surface area contributed by atoms with Crippen molar-refractivity contribution in [3.63, 3.8) is 0 Å². The van der Waals surface area contributed by atoms with E-state index >= 15 is 0 Å². The highest BCUT2D eigenvalue weighted by atomic mass is 127. The van der Waals surface area contributed by atoms with E-state index < -0.39 is 6.03 Å². The molecule has 0 spiro atoms. The van der Waals surface area contributed by atoms with Crippen LogP contribution in [0.15, 0.2) is 48.8 Å². The number of amides is 2. The Labute approximate surface area is 194 Å². The topological polar surface area (TPSA) is 120 Å². The fourth-order valence-electron chi connectivity index (χ4n) is 3.03. The third kappa shape index (κ3) is 3.89. The lowest BCUT2D eigenvalue weighted by Gasteiger charge is -2.07. The Morgan fingerprint density at radius 3 is 2.73 bits per heavy atom. The van der Waals surface area contributed by atoms with Crippen molar-refractivity contribution < 1.29 is 4.79 Å². The summed E-state index contributed by atoms with van der Waals surface area (Å²) < 4.78 is 0.924. The standard InChI is InChI=1S/C20H12ClIN6OS/c21-11-1-2-12(14(22)8-11)17-13(9-23)18(30-19(17)15-4-6-26-28-15)10-3-5-25-16(7-10)27-20(24)29/h1-8H,(H,26,28)(H3,24,25,27,29). The molecule has 0 aliphatic carbocycles. The highest BCUT2D eigenvalue weighted by molar-refractivity contribution is 14.1. The van der Waals surface area contributed by atoms with Crippen LogP contribution in [-0.4, -0.2) is 21.2 Å². The van der Waals surface area contributed by atoms with Crippen LogP contribution in [0.3, 0.4) is 0 Å². The number of thiophene rings is 1. The van der Waals surface area contributed by atoms with Crippen molar-refractivity contribution in [3.8, 4) is 38.2 Å². The Balaban J connectivity index is 1.98. The fraction of sp³-hybridized carbons (Fsp3) is 0. The minimum atomic E-state index is -0.708. The van der Waals surface area contributed by atoms with Gasteiger partial charge in [-0.15, -0.1) is 11.3 Å². The van der Waals surface area contributed by atoms with Gasteiger partial charge in [0, 0.05) is 26.5 Å². The number of halogens is 2. The van der Waals surface area contributed by atoms with Gasteiger partial charge in [-0.1, -0.05) is 17.7 Å². The summed E-state index contributed by atoms with van der Waals surface area (Å²) in [7, 11) is 0. The highest BCUT2D eigenvalue weighted by Gasteiger charge is 2.24. The molecule has 0 aliphatic rings. The van der Waals surface area contributed by atoms with Crippen LogP contribution in [0.25, 0.3) is 32.1 Å². The van der Waals surface area contributed by atoms with Crippen molar-refractivity contribution in [1.82, 2.24) is 15.2 Å². The smallest absolute Gasteiger partial charge is 0.317 e. The number of aromatic amines is 1. The lowest BCUT2D eigenvalue weighted by molar-refractivity contribution is 0.259. The Hall–Kier alpha value is -2.94. The fourth-order valence-corrected chi connectivity index (χ4v) is 5.41. The number of carbonyl (C=O) groups excluding carboxylic acids is 1. The molecule has 0 fully saturated rings. The van der Waals surface area contributed by atoms with Crippen molar-refractivity contribution in [2.75, 3.05) is 5.32 Å². The van der Waals surface area contributed by atoms with Crippen LogP contribution >= 0.6 is 45.5 Å². The molecule has 10 heteroatoms. The van der Waals surface area contributed by atoms with Crippen molar-refractivity contribution in [1.29, 1.82) is 5.26 Å². The number of primary amides is 1. The molecule has 0 saturated carbocycles. The molecule has 0 aliphatic heterocycles. The number of nitriles is 1. The van der Waals surface area contributed by atoms with E-state index in [0.717, 1.165) is 35.7 Å². The average Bonchev–Trinajstić information content (AvgIpc) is 3.35. The third-order valence-electron chi connectivity index (χ3n) is 4.24. The molecule has 30 heavy (non-hydrogen) atoms. The molecule has 0 unspecified atom stereocenters. The van der Waals surface area contributed by atoms with Gasteiger partial charge in [-0.2, -0.15) is 10.4 Å². The van der Waals surface area contributed by atoms with Crippen LogP contribution in [0.1, 0.15) is 5.56 Å². The number of hydrogen-bond donors (Lipinski definition) is 3. The van der Waals surface area contributed by atoms with Gasteiger partial charge in [-0.25, -0.2) is 9.78 Å². The summed E-state index contributed by atoms with van der Waals surface area (Å²) in [5, 5.41) is 20.2. The molecule has 0 atom stereocenters. The van der Waals surface area contributed by atoms with E-state index in [1.807, 2.05) is 18.2 Å². The maximum atomic E-state index is 11.2. The van der Waals surface area contributed by atoms with Gasteiger partial charge < -0.3 is 5.73 Å².